The van der Waals surface area contributed by atoms with Gasteiger partial charge in [-0.15, -0.1) is 0 Å². The molecule has 106 valence electrons. The lowest BCUT2D eigenvalue weighted by atomic mass is 9.92. The number of halogens is 1. The van der Waals surface area contributed by atoms with Gasteiger partial charge in [-0.2, -0.15) is 5.26 Å². The summed E-state index contributed by atoms with van der Waals surface area (Å²) in [4.78, 5) is 13.3. The summed E-state index contributed by atoms with van der Waals surface area (Å²) in [7, 11) is 1.51. The first-order valence-corrected chi connectivity index (χ1v) is 7.17. The molecule has 6 heteroatoms. The average molecular weight is 339 g/mol. The first-order valence-electron chi connectivity index (χ1n) is 6.26. The highest BCUT2D eigenvalue weighted by Gasteiger charge is 2.43. The third-order valence-corrected chi connectivity index (χ3v) is 4.18. The molecule has 0 aliphatic carbocycles. The van der Waals surface area contributed by atoms with Crippen molar-refractivity contribution in [1.29, 1.82) is 5.26 Å². The van der Waals surface area contributed by atoms with Crippen LogP contribution in [0, 0.1) is 11.3 Å². The van der Waals surface area contributed by atoms with Crippen LogP contribution in [0.25, 0.3) is 0 Å². The molecule has 20 heavy (non-hydrogen) atoms. The van der Waals surface area contributed by atoms with Crippen LogP contribution in [-0.2, 0) is 9.47 Å². The zero-order valence-electron chi connectivity index (χ0n) is 11.2. The number of hydrogen-bond acceptors (Lipinski definition) is 4. The molecule has 5 nitrogen and oxygen atoms in total. The van der Waals surface area contributed by atoms with Crippen molar-refractivity contribution in [2.24, 2.45) is 0 Å². The highest BCUT2D eigenvalue weighted by molar-refractivity contribution is 9.09. The normalized spacial score (nSPS) is 24.7. The number of carbonyl (C=O) groups is 1. The third kappa shape index (κ3) is 2.39. The maximum Gasteiger partial charge on any atom is 0.413 e. The van der Waals surface area contributed by atoms with Crippen LogP contribution in [0.5, 0.6) is 0 Å². The fourth-order valence-electron chi connectivity index (χ4n) is 2.37. The molecular formula is C14H15BrN2O3. The number of benzene rings is 1. The lowest BCUT2D eigenvalue weighted by Crippen LogP contribution is -2.49. The number of rotatable bonds is 2. The monoisotopic (exact) mass is 338 g/mol. The van der Waals surface area contributed by atoms with Crippen LogP contribution in [0.1, 0.15) is 28.9 Å². The summed E-state index contributed by atoms with van der Waals surface area (Å²) in [5.74, 6) is 0. The minimum absolute atomic E-state index is 0.210. The lowest BCUT2D eigenvalue weighted by molar-refractivity contribution is -0.0465. The van der Waals surface area contributed by atoms with Crippen molar-refractivity contribution in [3.05, 3.63) is 35.4 Å². The molecule has 0 saturated heterocycles. The van der Waals surface area contributed by atoms with Crippen LogP contribution in [0.2, 0.25) is 0 Å². The van der Waals surface area contributed by atoms with Crippen molar-refractivity contribution in [2.75, 3.05) is 13.7 Å². The second-order valence-corrected chi connectivity index (χ2v) is 5.28. The number of fused-ring (bicyclic) bond motifs is 1. The van der Waals surface area contributed by atoms with E-state index >= 15 is 0 Å². The summed E-state index contributed by atoms with van der Waals surface area (Å²) < 4.78 is 10.4. The number of nitrogens with zero attached hydrogens (tertiary/aromatic N) is 2. The van der Waals surface area contributed by atoms with Crippen LogP contribution in [0.4, 0.5) is 4.79 Å². The number of nitriles is 1. The van der Waals surface area contributed by atoms with E-state index in [9.17, 15) is 10.1 Å². The Hall–Kier alpha value is -1.58. The number of carbonyl (C=O) groups excluding carboxylic acids is 1. The molecule has 0 unspecified atom stereocenters. The van der Waals surface area contributed by atoms with Crippen molar-refractivity contribution >= 4 is 22.0 Å². The zero-order valence-corrected chi connectivity index (χ0v) is 12.8. The quantitative estimate of drug-likeness (QED) is 0.777. The lowest BCUT2D eigenvalue weighted by Gasteiger charge is -2.41. The average Bonchev–Trinajstić information content (AvgIpc) is 2.47. The van der Waals surface area contributed by atoms with Crippen molar-refractivity contribution in [3.63, 3.8) is 0 Å². The van der Waals surface area contributed by atoms with E-state index in [-0.39, 0.29) is 11.4 Å². The Kier molecular flexibility index (Phi) is 4.63. The molecule has 0 radical (unpaired) electrons. The standard InChI is InChI=1S/C14H15BrN2O3/c1-3-20-14(18)17-11(8-16)9-6-4-5-7-10(9)12(15)13(17)19-2/h4-7,11-13H,3H2,1-2H3/t11-,12+,13-/m0/s1. The molecule has 2 rings (SSSR count). The minimum atomic E-state index is -0.719. The molecule has 0 bridgehead atoms. The number of ether oxygens (including phenoxy) is 2. The first-order chi connectivity index (χ1) is 9.65. The maximum absolute atomic E-state index is 12.1. The van der Waals surface area contributed by atoms with Crippen LogP contribution in [0.15, 0.2) is 24.3 Å². The number of methoxy groups -OCH3 is 1. The zero-order chi connectivity index (χ0) is 14.7. The van der Waals surface area contributed by atoms with Gasteiger partial charge >= 0.3 is 6.09 Å². The summed E-state index contributed by atoms with van der Waals surface area (Å²) in [6, 6.07) is 8.95. The van der Waals surface area contributed by atoms with Gasteiger partial charge in [-0.3, -0.25) is 4.90 Å². The fraction of sp³-hybridized carbons (Fsp3) is 0.429. The van der Waals surface area contributed by atoms with Gasteiger partial charge in [0.2, 0.25) is 0 Å². The van der Waals surface area contributed by atoms with Crippen LogP contribution in [0.3, 0.4) is 0 Å². The molecule has 1 aromatic carbocycles. The molecule has 1 aromatic rings. The molecule has 0 spiro atoms. The summed E-state index contributed by atoms with van der Waals surface area (Å²) in [5, 5.41) is 9.45. The highest BCUT2D eigenvalue weighted by Crippen LogP contribution is 2.43. The van der Waals surface area contributed by atoms with Gasteiger partial charge in [0.15, 0.2) is 12.3 Å². The predicted molar refractivity (Wildman–Crippen MR) is 76.1 cm³/mol. The molecule has 0 fully saturated rings. The van der Waals surface area contributed by atoms with E-state index in [1.54, 1.807) is 6.92 Å². The van der Waals surface area contributed by atoms with Crippen LogP contribution >= 0.6 is 15.9 Å². The van der Waals surface area contributed by atoms with Gasteiger partial charge in [-0.1, -0.05) is 40.2 Å². The van der Waals surface area contributed by atoms with E-state index in [2.05, 4.69) is 22.0 Å². The van der Waals surface area contributed by atoms with Gasteiger partial charge in [0.1, 0.15) is 0 Å². The second kappa shape index (κ2) is 6.25. The first kappa shape index (κ1) is 14.8. The summed E-state index contributed by atoms with van der Waals surface area (Å²) in [5.41, 5.74) is 1.74. The molecular weight excluding hydrogens is 324 g/mol. The Morgan fingerprint density at radius 2 is 2.10 bits per heavy atom. The molecule has 1 aliphatic rings. The van der Waals surface area contributed by atoms with Crippen LogP contribution in [-0.4, -0.2) is 30.9 Å². The molecule has 0 saturated carbocycles. The topological polar surface area (TPSA) is 62.6 Å². The van der Waals surface area contributed by atoms with E-state index in [0.29, 0.717) is 0 Å². The van der Waals surface area contributed by atoms with Gasteiger partial charge in [0, 0.05) is 7.11 Å². The summed E-state index contributed by atoms with van der Waals surface area (Å²) >= 11 is 3.55. The fourth-order valence-corrected chi connectivity index (χ4v) is 3.26. The molecule has 3 atom stereocenters. The Morgan fingerprint density at radius 1 is 1.45 bits per heavy atom. The van der Waals surface area contributed by atoms with E-state index < -0.39 is 18.4 Å². The Morgan fingerprint density at radius 3 is 2.65 bits per heavy atom. The van der Waals surface area contributed by atoms with Crippen molar-refractivity contribution in [3.8, 4) is 6.07 Å². The molecule has 0 aromatic heterocycles. The number of hydrogen-bond donors (Lipinski definition) is 0. The van der Waals surface area contributed by atoms with Gasteiger partial charge < -0.3 is 9.47 Å². The second-order valence-electron chi connectivity index (χ2n) is 4.29. The van der Waals surface area contributed by atoms with Gasteiger partial charge in [0.25, 0.3) is 0 Å². The molecule has 1 aliphatic heterocycles. The largest absolute Gasteiger partial charge is 0.450 e. The third-order valence-electron chi connectivity index (χ3n) is 3.23. The Labute approximate surface area is 126 Å². The predicted octanol–water partition coefficient (Wildman–Crippen LogP) is 3.13. The van der Waals surface area contributed by atoms with Crippen molar-refractivity contribution in [1.82, 2.24) is 4.90 Å². The van der Waals surface area contributed by atoms with E-state index in [1.165, 1.54) is 12.0 Å². The Balaban J connectivity index is 2.51. The summed E-state index contributed by atoms with van der Waals surface area (Å²) in [6.45, 7) is 1.98. The molecule has 1 amide bonds. The van der Waals surface area contributed by atoms with Crippen molar-refractivity contribution < 1.29 is 14.3 Å². The maximum atomic E-state index is 12.1. The molecule has 1 heterocycles. The minimum Gasteiger partial charge on any atom is -0.450 e. The van der Waals surface area contributed by atoms with E-state index in [0.717, 1.165) is 11.1 Å². The number of amides is 1. The van der Waals surface area contributed by atoms with Gasteiger partial charge in [-0.05, 0) is 18.1 Å². The van der Waals surface area contributed by atoms with E-state index in [4.69, 9.17) is 9.47 Å². The smallest absolute Gasteiger partial charge is 0.413 e. The molecule has 0 N–H and O–H groups in total. The van der Waals surface area contributed by atoms with E-state index in [1.807, 2.05) is 24.3 Å². The highest BCUT2D eigenvalue weighted by atomic mass is 79.9. The van der Waals surface area contributed by atoms with Crippen LogP contribution < -0.4 is 0 Å². The van der Waals surface area contributed by atoms with Gasteiger partial charge in [0.05, 0.1) is 17.5 Å². The van der Waals surface area contributed by atoms with Gasteiger partial charge in [-0.25, -0.2) is 4.79 Å². The Bertz CT molecular complexity index is 543. The number of alkyl halides is 1. The summed E-state index contributed by atoms with van der Waals surface area (Å²) in [6.07, 6.45) is -1.14. The van der Waals surface area contributed by atoms with Crippen molar-refractivity contribution in [2.45, 2.75) is 24.0 Å². The SMILES string of the molecule is CCOC(=O)N1[C@@H](C#N)c2ccccc2[C@@H](Br)[C@@H]1OC.